The lowest BCUT2D eigenvalue weighted by Crippen LogP contribution is -2.36. The molecule has 2 atom stereocenters. The number of aromatic nitrogens is 2. The van der Waals surface area contributed by atoms with E-state index in [9.17, 15) is 0 Å². The van der Waals surface area contributed by atoms with Crippen molar-refractivity contribution < 1.29 is 18.3 Å². The van der Waals surface area contributed by atoms with Crippen LogP contribution in [0.15, 0.2) is 470 Å². The Morgan fingerprint density at radius 3 is 1.13 bits per heavy atom. The van der Waals surface area contributed by atoms with Gasteiger partial charge in [0.05, 0.1) is 55.3 Å². The van der Waals surface area contributed by atoms with Crippen LogP contribution in [0.3, 0.4) is 0 Å². The van der Waals surface area contributed by atoms with E-state index < -0.39 is 10.8 Å². The first-order valence-corrected chi connectivity index (χ1v) is 46.0. The van der Waals surface area contributed by atoms with Crippen LogP contribution in [0.1, 0.15) is 44.5 Å². The number of rotatable bonds is 8. The third kappa shape index (κ3) is 10.4. The van der Waals surface area contributed by atoms with Crippen LogP contribution >= 0.6 is 0 Å². The molecule has 8 heteroatoms. The van der Waals surface area contributed by atoms with Gasteiger partial charge in [-0.25, -0.2) is 0 Å². The summed E-state index contributed by atoms with van der Waals surface area (Å²) in [5, 5.41) is 18.9. The van der Waals surface area contributed by atoms with Crippen LogP contribution in [0.25, 0.3) is 164 Å². The summed E-state index contributed by atoms with van der Waals surface area (Å²) in [5.41, 5.74) is 29.8. The first-order valence-electron chi connectivity index (χ1n) is 46.0. The molecule has 2 unspecified atom stereocenters. The first-order chi connectivity index (χ1) is 66.5. The smallest absolute Gasteiger partial charge is 0.137 e. The molecule has 0 bridgehead atoms. The van der Waals surface area contributed by atoms with Gasteiger partial charge in [-0.05, 0) is 192 Å². The third-order valence-electron chi connectivity index (χ3n) is 29.2. The molecule has 2 spiro atoms. The van der Waals surface area contributed by atoms with Gasteiger partial charge in [0.2, 0.25) is 0 Å². The van der Waals surface area contributed by atoms with Gasteiger partial charge in [-0.15, -0.1) is 0 Å². The molecule has 8 nitrogen and oxygen atoms in total. The van der Waals surface area contributed by atoms with Gasteiger partial charge in [0.15, 0.2) is 0 Å². The molecule has 0 saturated carbocycles. The number of nitrogens with zero attached hydrogens (tertiary/aromatic N) is 4. The summed E-state index contributed by atoms with van der Waals surface area (Å²) < 4.78 is 31.9. The number of para-hydroxylation sites is 6. The van der Waals surface area contributed by atoms with Gasteiger partial charge in [0.1, 0.15) is 45.3 Å². The summed E-state index contributed by atoms with van der Waals surface area (Å²) in [7, 11) is 0. The van der Waals surface area contributed by atoms with Crippen LogP contribution in [0.4, 0.5) is 34.1 Å². The molecule has 6 heterocycles. The van der Waals surface area contributed by atoms with E-state index in [4.69, 9.17) is 18.3 Å². The number of benzene rings is 22. The Kier molecular flexibility index (Phi) is 15.7. The monoisotopic (exact) mass is 1710 g/mol. The highest BCUT2D eigenvalue weighted by atomic mass is 16.5. The topological polar surface area (TPSA) is 61.1 Å². The minimum absolute atomic E-state index is 0.626. The third-order valence-corrected chi connectivity index (χ3v) is 29.2. The second-order valence-corrected chi connectivity index (χ2v) is 35.9. The average molecular weight is 1710 g/mol. The molecule has 4 aliphatic rings. The summed E-state index contributed by atoms with van der Waals surface area (Å²) in [6.45, 7) is 0. The number of hydrogen-bond donors (Lipinski definition) is 0. The van der Waals surface area contributed by atoms with E-state index in [0.717, 1.165) is 167 Å². The zero-order chi connectivity index (χ0) is 87.6. The van der Waals surface area contributed by atoms with E-state index >= 15 is 0 Å². The molecule has 624 valence electrons. The predicted octanol–water partition coefficient (Wildman–Crippen LogP) is 33.9. The minimum Gasteiger partial charge on any atom is -0.457 e. The van der Waals surface area contributed by atoms with E-state index in [1.165, 1.54) is 98.4 Å². The van der Waals surface area contributed by atoms with Crippen molar-refractivity contribution in [2.75, 3.05) is 9.80 Å². The Morgan fingerprint density at radius 2 is 0.560 bits per heavy atom. The highest BCUT2D eigenvalue weighted by molar-refractivity contribution is 6.18. The van der Waals surface area contributed by atoms with Crippen molar-refractivity contribution in [1.29, 1.82) is 0 Å². The number of furan rings is 2. The Balaban J connectivity index is 0.000000131. The molecule has 0 N–H and O–H groups in total. The molecule has 30 rings (SSSR count). The Morgan fingerprint density at radius 1 is 0.194 bits per heavy atom. The second kappa shape index (κ2) is 28.4. The summed E-state index contributed by atoms with van der Waals surface area (Å²) in [4.78, 5) is 4.83. The summed E-state index contributed by atoms with van der Waals surface area (Å²) in [6, 6.07) is 168. The maximum atomic E-state index is 7.17. The normalized spacial score (nSPS) is 14.7. The molecular weight excluding hydrogens is 1630 g/mol. The molecule has 2 aliphatic carbocycles. The molecule has 0 fully saturated rings. The number of hydrogen-bond acceptors (Lipinski definition) is 6. The van der Waals surface area contributed by atoms with Gasteiger partial charge in [-0.1, -0.05) is 334 Å². The van der Waals surface area contributed by atoms with Crippen LogP contribution in [-0.2, 0) is 10.8 Å². The molecule has 0 amide bonds. The van der Waals surface area contributed by atoms with Crippen LogP contribution in [0.2, 0.25) is 0 Å². The standard InChI is InChI=1S/2C63H38N2O2/c1-2-19-43-39(15-1)16-13-28-53(43)64(41-33-35-46-45-21-4-8-27-54(45)65(56(46)37-41)55-29-14-32-59-62(55)48-22-5-9-30-57(48)66-59)42-34-36-51-60(38-42)67-58-31-10-7-25-50(58)63(51)49-24-6-3-20-44(49)47-23-11-17-40-18-12-26-52(63)61(40)47;1-2-18-44-39(14-1)15-13-27-55(44)64(42-30-33-47-46-20-4-8-26-56(46)65(57(47)37-42)41-32-35-59-50(36-41)48-21-5-9-28-58(48)66-59)43-31-34-53-61(38-43)67-60-29-10-7-24-52(60)63(53)51-23-6-3-19-45(51)49-22-11-16-40-17-12-25-54(63)62(40)49/h2*1-38H. The van der Waals surface area contributed by atoms with Crippen molar-refractivity contribution in [2.24, 2.45) is 0 Å². The van der Waals surface area contributed by atoms with Crippen molar-refractivity contribution in [3.05, 3.63) is 506 Å². The predicted molar refractivity (Wildman–Crippen MR) is 550 cm³/mol. The number of ether oxygens (including phenoxy) is 2. The van der Waals surface area contributed by atoms with Crippen LogP contribution in [0.5, 0.6) is 23.0 Å². The number of fused-ring (bicyclic) bond motifs is 30. The summed E-state index contributed by atoms with van der Waals surface area (Å²) >= 11 is 0. The zero-order valence-corrected chi connectivity index (χ0v) is 72.3. The van der Waals surface area contributed by atoms with Crippen LogP contribution in [-0.4, -0.2) is 9.13 Å². The van der Waals surface area contributed by atoms with Crippen molar-refractivity contribution >= 4 is 165 Å². The molecule has 22 aromatic carbocycles. The van der Waals surface area contributed by atoms with Crippen molar-refractivity contribution in [3.8, 4) is 56.6 Å². The maximum absolute atomic E-state index is 7.17. The summed E-state index contributed by atoms with van der Waals surface area (Å²) in [5.74, 6) is 3.40. The first kappa shape index (κ1) is 74.2. The molecular formula is C126H76N4O4. The fourth-order valence-corrected chi connectivity index (χ4v) is 23.8. The fourth-order valence-electron chi connectivity index (χ4n) is 23.8. The molecule has 4 aromatic heterocycles. The fraction of sp³-hybridized carbons (Fsp3) is 0.0159. The van der Waals surface area contributed by atoms with Gasteiger partial charge in [0.25, 0.3) is 0 Å². The largest absolute Gasteiger partial charge is 0.457 e. The Bertz CT molecular complexity index is 9540. The van der Waals surface area contributed by atoms with E-state index in [-0.39, 0.29) is 0 Å². The van der Waals surface area contributed by atoms with Gasteiger partial charge in [-0.3, -0.25) is 0 Å². The van der Waals surface area contributed by atoms with Gasteiger partial charge in [-0.2, -0.15) is 0 Å². The highest BCUT2D eigenvalue weighted by Gasteiger charge is 2.52. The SMILES string of the molecule is c1ccc2c(c1)Oc1cc(N(c3ccc4c5ccccc5n(-c5ccc6oc7ccccc7c6c5)c4c3)c3cccc4ccccc34)ccc1C21c2ccccc2-c2cccc3cccc1c23.c1ccc2c(c1)Oc1cc(N(c3ccc4c5ccccc5n(-c5cccc6oc7ccccc7c56)c4c3)c3cccc4ccccc34)ccc1C21c2ccccc2-c2cccc3cccc1c23. The quantitative estimate of drug-likeness (QED) is 0.151. The molecule has 2 aliphatic heterocycles. The molecule has 26 aromatic rings. The summed E-state index contributed by atoms with van der Waals surface area (Å²) in [6.07, 6.45) is 0. The van der Waals surface area contributed by atoms with E-state index in [0.29, 0.717) is 0 Å². The number of anilines is 6. The highest BCUT2D eigenvalue weighted by Crippen LogP contribution is 2.65. The maximum Gasteiger partial charge on any atom is 0.137 e. The molecule has 0 saturated heterocycles. The average Bonchev–Trinajstić information content (AvgIpc) is 0.842. The van der Waals surface area contributed by atoms with Crippen molar-refractivity contribution in [2.45, 2.75) is 10.8 Å². The van der Waals surface area contributed by atoms with E-state index in [1.54, 1.807) is 0 Å². The van der Waals surface area contributed by atoms with Gasteiger partial charge < -0.3 is 37.2 Å². The lowest BCUT2D eigenvalue weighted by Gasteiger charge is -2.45. The van der Waals surface area contributed by atoms with Crippen LogP contribution in [0, 0.1) is 0 Å². The minimum atomic E-state index is -0.629. The van der Waals surface area contributed by atoms with Gasteiger partial charge in [0, 0.05) is 111 Å². The van der Waals surface area contributed by atoms with Crippen molar-refractivity contribution in [3.63, 3.8) is 0 Å². The van der Waals surface area contributed by atoms with Crippen molar-refractivity contribution in [1.82, 2.24) is 9.13 Å². The Hall–Kier alpha value is -17.7. The second-order valence-electron chi connectivity index (χ2n) is 35.9. The lowest BCUT2D eigenvalue weighted by atomic mass is 9.58. The van der Waals surface area contributed by atoms with E-state index in [2.05, 4.69) is 462 Å². The Labute approximate surface area is 769 Å². The lowest BCUT2D eigenvalue weighted by molar-refractivity contribution is 0.435. The van der Waals surface area contributed by atoms with Gasteiger partial charge >= 0.3 is 0 Å². The zero-order valence-electron chi connectivity index (χ0n) is 72.3. The molecule has 134 heavy (non-hydrogen) atoms. The molecule has 0 radical (unpaired) electrons. The van der Waals surface area contributed by atoms with E-state index in [1.807, 2.05) is 18.2 Å². The van der Waals surface area contributed by atoms with Crippen LogP contribution < -0.4 is 19.3 Å².